The maximum absolute atomic E-state index is 12.7. The van der Waals surface area contributed by atoms with Crippen LogP contribution in [0.5, 0.6) is 0 Å². The zero-order valence-electron chi connectivity index (χ0n) is 15.6. The number of benzene rings is 1. The lowest BCUT2D eigenvalue weighted by Crippen LogP contribution is -2.03. The Balaban J connectivity index is 1.50. The van der Waals surface area contributed by atoms with Crippen molar-refractivity contribution in [1.29, 1.82) is 0 Å². The molecule has 5 unspecified atom stereocenters. The Hall–Kier alpha value is -0.840. The van der Waals surface area contributed by atoms with Crippen LogP contribution < -0.4 is 0 Å². The van der Waals surface area contributed by atoms with Crippen molar-refractivity contribution in [2.75, 3.05) is 24.6 Å². The summed E-state index contributed by atoms with van der Waals surface area (Å²) in [5.41, 5.74) is 4.23. The van der Waals surface area contributed by atoms with E-state index in [1.165, 1.54) is 36.0 Å². The largest absolute Gasteiger partial charge is 0.339 e. The van der Waals surface area contributed by atoms with Gasteiger partial charge in [-0.3, -0.25) is 0 Å². The standard InChI is InChI=1S/C22H30O2P2/c23-25-11-3-6-22-20(15-19-4-1-2-5-21(19)22)10-13-26(24)16-18-8-7-17(14-18)9-12-25/h1-2,4-5,15,17-18,22H,3,6-14,16H2/q+2. The third-order valence-corrected chi connectivity index (χ3v) is 9.83. The minimum atomic E-state index is -1.08. The van der Waals surface area contributed by atoms with E-state index in [0.717, 1.165) is 56.2 Å². The summed E-state index contributed by atoms with van der Waals surface area (Å²) in [6.45, 7) is 0. The Labute approximate surface area is 159 Å². The highest BCUT2D eigenvalue weighted by Gasteiger charge is 2.34. The minimum absolute atomic E-state index is 0.458. The van der Waals surface area contributed by atoms with Gasteiger partial charge in [0.2, 0.25) is 0 Å². The molecule has 1 heterocycles. The molecule has 1 aromatic rings. The molecule has 0 radical (unpaired) electrons. The smallest absolute Gasteiger partial charge is 0.0748 e. The summed E-state index contributed by atoms with van der Waals surface area (Å²) in [4.78, 5) is 0. The maximum atomic E-state index is 12.7. The molecule has 2 nitrogen and oxygen atoms in total. The SMILES string of the molecule is O=[P+]1CCCC2C(=Cc3ccccc32)CC[P+](=O)CC2CCC(CC1)C2. The van der Waals surface area contributed by atoms with Crippen molar-refractivity contribution >= 4 is 21.7 Å². The molecule has 1 aliphatic heterocycles. The second-order valence-corrected chi connectivity index (χ2v) is 12.1. The zero-order chi connectivity index (χ0) is 17.9. The highest BCUT2D eigenvalue weighted by molar-refractivity contribution is 7.44. The van der Waals surface area contributed by atoms with Crippen molar-refractivity contribution in [2.24, 2.45) is 11.8 Å². The molecule has 2 fully saturated rings. The van der Waals surface area contributed by atoms with Crippen LogP contribution in [0.3, 0.4) is 0 Å². The Morgan fingerprint density at radius 1 is 0.846 bits per heavy atom. The van der Waals surface area contributed by atoms with E-state index >= 15 is 0 Å². The average molecular weight is 388 g/mol. The van der Waals surface area contributed by atoms with Gasteiger partial charge in [-0.05, 0) is 55.6 Å². The molecule has 4 heteroatoms. The van der Waals surface area contributed by atoms with Gasteiger partial charge in [-0.2, -0.15) is 0 Å². The van der Waals surface area contributed by atoms with Crippen LogP contribution >= 0.6 is 15.6 Å². The normalized spacial score (nSPS) is 32.9. The summed E-state index contributed by atoms with van der Waals surface area (Å²) >= 11 is 0. The molecular weight excluding hydrogens is 358 g/mol. The number of allylic oxidation sites excluding steroid dienone is 1. The Morgan fingerprint density at radius 3 is 2.62 bits per heavy atom. The van der Waals surface area contributed by atoms with Gasteiger partial charge < -0.3 is 0 Å². The van der Waals surface area contributed by atoms with Gasteiger partial charge in [-0.15, -0.1) is 0 Å². The lowest BCUT2D eigenvalue weighted by atomic mass is 9.90. The first-order chi connectivity index (χ1) is 12.7. The van der Waals surface area contributed by atoms with Crippen LogP contribution in [-0.2, 0) is 9.13 Å². The van der Waals surface area contributed by atoms with Crippen LogP contribution in [0.2, 0.25) is 0 Å². The van der Waals surface area contributed by atoms with E-state index in [0.29, 0.717) is 11.8 Å². The van der Waals surface area contributed by atoms with E-state index in [1.54, 1.807) is 0 Å². The van der Waals surface area contributed by atoms with E-state index in [4.69, 9.17) is 0 Å². The van der Waals surface area contributed by atoms with Gasteiger partial charge in [-0.1, -0.05) is 45.0 Å². The summed E-state index contributed by atoms with van der Waals surface area (Å²) in [6.07, 6.45) is 13.8. The topological polar surface area (TPSA) is 34.1 Å². The first kappa shape index (κ1) is 18.5. The van der Waals surface area contributed by atoms with E-state index in [1.807, 2.05) is 0 Å². The third-order valence-electron chi connectivity index (χ3n) is 6.61. The van der Waals surface area contributed by atoms with Crippen LogP contribution in [0.15, 0.2) is 29.8 Å². The summed E-state index contributed by atoms with van der Waals surface area (Å²) in [5, 5.41) is 0. The molecule has 0 amide bonds. The molecule has 2 aliphatic carbocycles. The van der Waals surface area contributed by atoms with Crippen molar-refractivity contribution in [1.82, 2.24) is 0 Å². The van der Waals surface area contributed by atoms with Gasteiger partial charge in [-0.25, -0.2) is 0 Å². The molecule has 1 aromatic carbocycles. The second-order valence-electron chi connectivity index (χ2n) is 8.44. The lowest BCUT2D eigenvalue weighted by molar-refractivity contribution is 0.496. The predicted octanol–water partition coefficient (Wildman–Crippen LogP) is 6.81. The molecule has 26 heavy (non-hydrogen) atoms. The van der Waals surface area contributed by atoms with Crippen molar-refractivity contribution in [3.05, 3.63) is 41.0 Å². The molecule has 0 N–H and O–H groups in total. The molecule has 3 aliphatic rings. The monoisotopic (exact) mass is 388 g/mol. The highest BCUT2D eigenvalue weighted by atomic mass is 31.1. The fourth-order valence-electron chi connectivity index (χ4n) is 5.20. The molecule has 0 aromatic heterocycles. The van der Waals surface area contributed by atoms with Gasteiger partial charge in [0.1, 0.15) is 24.6 Å². The third kappa shape index (κ3) is 4.35. The Kier molecular flexibility index (Phi) is 6.02. The van der Waals surface area contributed by atoms with E-state index < -0.39 is 15.6 Å². The quantitative estimate of drug-likeness (QED) is 0.457. The molecule has 4 rings (SSSR count). The number of rotatable bonds is 0. The molecule has 138 valence electrons. The van der Waals surface area contributed by atoms with Gasteiger partial charge in [0.15, 0.2) is 0 Å². The molecular formula is C22H30O2P2+2. The highest BCUT2D eigenvalue weighted by Crippen LogP contribution is 2.45. The summed E-state index contributed by atoms with van der Waals surface area (Å²) in [5.74, 6) is 1.85. The molecule has 0 spiro atoms. The molecule has 1 saturated heterocycles. The van der Waals surface area contributed by atoms with Crippen molar-refractivity contribution in [2.45, 2.75) is 50.9 Å². The number of hydrogen-bond donors (Lipinski definition) is 0. The lowest BCUT2D eigenvalue weighted by Gasteiger charge is -2.15. The van der Waals surface area contributed by atoms with Crippen molar-refractivity contribution in [3.8, 4) is 0 Å². The molecule has 1 saturated carbocycles. The van der Waals surface area contributed by atoms with Crippen LogP contribution in [0.25, 0.3) is 6.08 Å². The first-order valence-corrected chi connectivity index (χ1v) is 13.6. The Morgan fingerprint density at radius 2 is 1.69 bits per heavy atom. The van der Waals surface area contributed by atoms with Gasteiger partial charge in [0.05, 0.1) is 0 Å². The van der Waals surface area contributed by atoms with Crippen molar-refractivity contribution < 1.29 is 9.13 Å². The van der Waals surface area contributed by atoms with Gasteiger partial charge >= 0.3 is 15.6 Å². The number of hydrogen-bond acceptors (Lipinski definition) is 2. The Bertz CT molecular complexity index is 725. The summed E-state index contributed by atoms with van der Waals surface area (Å²) in [7, 11) is -2.12. The first-order valence-electron chi connectivity index (χ1n) is 10.3. The minimum Gasteiger partial charge on any atom is -0.0748 e. The second kappa shape index (κ2) is 8.45. The fraction of sp³-hybridized carbons (Fsp3) is 0.636. The van der Waals surface area contributed by atoms with Crippen LogP contribution in [0.4, 0.5) is 0 Å². The van der Waals surface area contributed by atoms with E-state index in [2.05, 4.69) is 30.3 Å². The van der Waals surface area contributed by atoms with Gasteiger partial charge in [0.25, 0.3) is 0 Å². The van der Waals surface area contributed by atoms with E-state index in [-0.39, 0.29) is 0 Å². The number of fused-ring (bicyclic) bond motifs is 5. The maximum Gasteiger partial charge on any atom is 0.339 e. The average Bonchev–Trinajstić information content (AvgIpc) is 3.22. The predicted molar refractivity (Wildman–Crippen MR) is 111 cm³/mol. The fourth-order valence-corrected chi connectivity index (χ4v) is 8.21. The van der Waals surface area contributed by atoms with Crippen LogP contribution in [-0.4, -0.2) is 24.6 Å². The van der Waals surface area contributed by atoms with Crippen LogP contribution in [0.1, 0.15) is 62.0 Å². The molecule has 5 atom stereocenters. The summed E-state index contributed by atoms with van der Waals surface area (Å²) < 4.78 is 25.2. The molecule has 2 bridgehead atoms. The zero-order valence-corrected chi connectivity index (χ0v) is 17.4. The van der Waals surface area contributed by atoms with Crippen molar-refractivity contribution in [3.63, 3.8) is 0 Å². The van der Waals surface area contributed by atoms with Gasteiger partial charge in [0, 0.05) is 18.3 Å². The van der Waals surface area contributed by atoms with E-state index in [9.17, 15) is 9.13 Å². The summed E-state index contributed by atoms with van der Waals surface area (Å²) in [6, 6.07) is 8.68. The van der Waals surface area contributed by atoms with Crippen LogP contribution in [0, 0.1) is 11.8 Å².